The Morgan fingerprint density at radius 2 is 2.16 bits per heavy atom. The summed E-state index contributed by atoms with van der Waals surface area (Å²) in [6.07, 6.45) is 6.19. The first-order valence-corrected chi connectivity index (χ1v) is 8.17. The molecule has 112 valence electrons. The van der Waals surface area contributed by atoms with Crippen LogP contribution >= 0.6 is 0 Å². The zero-order chi connectivity index (χ0) is 13.9. The molecule has 0 aliphatic carbocycles. The molecule has 0 amide bonds. The Morgan fingerprint density at radius 1 is 1.37 bits per heavy atom. The fourth-order valence-electron chi connectivity index (χ4n) is 3.58. The van der Waals surface area contributed by atoms with Crippen molar-refractivity contribution in [2.75, 3.05) is 19.7 Å². The third kappa shape index (κ3) is 3.93. The average molecular weight is 268 g/mol. The minimum absolute atomic E-state index is 0.0964. The van der Waals surface area contributed by atoms with E-state index in [9.17, 15) is 0 Å². The van der Waals surface area contributed by atoms with Crippen molar-refractivity contribution in [3.05, 3.63) is 0 Å². The van der Waals surface area contributed by atoms with Gasteiger partial charge in [0.15, 0.2) is 0 Å². The van der Waals surface area contributed by atoms with Gasteiger partial charge in [0.25, 0.3) is 0 Å². The molecule has 2 rings (SSSR count). The molecule has 0 aromatic heterocycles. The van der Waals surface area contributed by atoms with Gasteiger partial charge in [0, 0.05) is 31.3 Å². The molecule has 0 saturated carbocycles. The van der Waals surface area contributed by atoms with Crippen LogP contribution < -0.4 is 5.32 Å². The highest BCUT2D eigenvalue weighted by Gasteiger charge is 2.36. The largest absolute Gasteiger partial charge is 0.375 e. The molecule has 0 spiro atoms. The van der Waals surface area contributed by atoms with Gasteiger partial charge in [-0.2, -0.15) is 0 Å². The van der Waals surface area contributed by atoms with Gasteiger partial charge in [-0.1, -0.05) is 6.92 Å². The standard InChI is InChI=1S/C16H32N2O/c1-5-16(4)11-15(8-10-19-16)18(13(2)3)12-14-7-6-9-17-14/h13-15,17H,5-12H2,1-4H3. The average Bonchev–Trinajstić information content (AvgIpc) is 2.88. The molecule has 3 heteroatoms. The second-order valence-electron chi connectivity index (χ2n) is 6.88. The molecule has 3 unspecified atom stereocenters. The van der Waals surface area contributed by atoms with Crippen molar-refractivity contribution in [2.45, 2.75) is 83.5 Å². The molecule has 2 heterocycles. The van der Waals surface area contributed by atoms with Gasteiger partial charge < -0.3 is 10.1 Å². The van der Waals surface area contributed by atoms with E-state index in [1.807, 2.05) is 0 Å². The molecule has 2 aliphatic rings. The highest BCUT2D eigenvalue weighted by molar-refractivity contribution is 4.90. The second kappa shape index (κ2) is 6.55. The molecule has 0 bridgehead atoms. The molecule has 19 heavy (non-hydrogen) atoms. The van der Waals surface area contributed by atoms with E-state index in [2.05, 4.69) is 37.9 Å². The fourth-order valence-corrected chi connectivity index (χ4v) is 3.58. The van der Waals surface area contributed by atoms with Crippen LogP contribution in [0.2, 0.25) is 0 Å². The number of ether oxygens (including phenoxy) is 1. The Bertz CT molecular complexity index is 276. The zero-order valence-electron chi connectivity index (χ0n) is 13.2. The molecule has 0 radical (unpaired) electrons. The first-order valence-electron chi connectivity index (χ1n) is 8.17. The molecule has 0 aromatic rings. The van der Waals surface area contributed by atoms with E-state index in [0.29, 0.717) is 18.1 Å². The number of rotatable bonds is 5. The smallest absolute Gasteiger partial charge is 0.0666 e. The zero-order valence-corrected chi connectivity index (χ0v) is 13.2. The van der Waals surface area contributed by atoms with Crippen LogP contribution in [-0.2, 0) is 4.74 Å². The highest BCUT2D eigenvalue weighted by Crippen LogP contribution is 2.31. The Labute approximate surface area is 119 Å². The summed E-state index contributed by atoms with van der Waals surface area (Å²) in [7, 11) is 0. The van der Waals surface area contributed by atoms with Crippen LogP contribution in [0.3, 0.4) is 0 Å². The number of hydrogen-bond acceptors (Lipinski definition) is 3. The predicted molar refractivity (Wildman–Crippen MR) is 80.5 cm³/mol. The van der Waals surface area contributed by atoms with Crippen molar-refractivity contribution in [1.82, 2.24) is 10.2 Å². The Hall–Kier alpha value is -0.120. The van der Waals surface area contributed by atoms with Crippen LogP contribution in [0.15, 0.2) is 0 Å². The van der Waals surface area contributed by atoms with Gasteiger partial charge in [0.2, 0.25) is 0 Å². The van der Waals surface area contributed by atoms with Crippen LogP contribution in [0.5, 0.6) is 0 Å². The molecule has 3 atom stereocenters. The van der Waals surface area contributed by atoms with Crippen LogP contribution in [0.4, 0.5) is 0 Å². The molecule has 2 fully saturated rings. The third-order valence-corrected chi connectivity index (χ3v) is 5.04. The Morgan fingerprint density at radius 3 is 2.74 bits per heavy atom. The maximum Gasteiger partial charge on any atom is 0.0666 e. The maximum absolute atomic E-state index is 6.00. The minimum Gasteiger partial charge on any atom is -0.375 e. The molecule has 3 nitrogen and oxygen atoms in total. The summed E-state index contributed by atoms with van der Waals surface area (Å²) in [5, 5.41) is 3.64. The summed E-state index contributed by atoms with van der Waals surface area (Å²) in [5.74, 6) is 0. The van der Waals surface area contributed by atoms with E-state index in [-0.39, 0.29) is 5.60 Å². The van der Waals surface area contributed by atoms with Crippen LogP contribution in [0, 0.1) is 0 Å². The summed E-state index contributed by atoms with van der Waals surface area (Å²) in [6.45, 7) is 12.6. The quantitative estimate of drug-likeness (QED) is 0.830. The Balaban J connectivity index is 1.97. The van der Waals surface area contributed by atoms with E-state index < -0.39 is 0 Å². The van der Waals surface area contributed by atoms with E-state index in [1.165, 1.54) is 38.8 Å². The van der Waals surface area contributed by atoms with Gasteiger partial charge in [0.05, 0.1) is 5.60 Å². The molecular weight excluding hydrogens is 236 g/mol. The lowest BCUT2D eigenvalue weighted by molar-refractivity contribution is -0.101. The van der Waals surface area contributed by atoms with Gasteiger partial charge in [-0.05, 0) is 59.4 Å². The van der Waals surface area contributed by atoms with Crippen molar-refractivity contribution in [3.63, 3.8) is 0 Å². The summed E-state index contributed by atoms with van der Waals surface area (Å²) in [6, 6.07) is 2.03. The SMILES string of the molecule is CCC1(C)CC(N(CC2CCCN2)C(C)C)CCO1. The van der Waals surface area contributed by atoms with Gasteiger partial charge in [-0.3, -0.25) is 4.90 Å². The van der Waals surface area contributed by atoms with Crippen molar-refractivity contribution >= 4 is 0 Å². The first kappa shape index (κ1) is 15.3. The van der Waals surface area contributed by atoms with Crippen molar-refractivity contribution in [3.8, 4) is 0 Å². The molecule has 0 aromatic carbocycles. The molecule has 1 N–H and O–H groups in total. The van der Waals surface area contributed by atoms with Crippen molar-refractivity contribution in [1.29, 1.82) is 0 Å². The topological polar surface area (TPSA) is 24.5 Å². The number of nitrogens with zero attached hydrogens (tertiary/aromatic N) is 1. The number of hydrogen-bond donors (Lipinski definition) is 1. The lowest BCUT2D eigenvalue weighted by atomic mass is 9.88. The lowest BCUT2D eigenvalue weighted by Gasteiger charge is -2.45. The van der Waals surface area contributed by atoms with Gasteiger partial charge in [-0.25, -0.2) is 0 Å². The number of nitrogens with one attached hydrogen (secondary N) is 1. The summed E-state index contributed by atoms with van der Waals surface area (Å²) < 4.78 is 6.00. The van der Waals surface area contributed by atoms with Crippen LogP contribution in [0.25, 0.3) is 0 Å². The molecule has 2 saturated heterocycles. The minimum atomic E-state index is 0.0964. The van der Waals surface area contributed by atoms with Crippen molar-refractivity contribution < 1.29 is 4.74 Å². The normalized spacial score (nSPS) is 36.3. The lowest BCUT2D eigenvalue weighted by Crippen LogP contribution is -2.52. The van der Waals surface area contributed by atoms with E-state index >= 15 is 0 Å². The monoisotopic (exact) mass is 268 g/mol. The van der Waals surface area contributed by atoms with Crippen molar-refractivity contribution in [2.24, 2.45) is 0 Å². The molecule has 2 aliphatic heterocycles. The fraction of sp³-hybridized carbons (Fsp3) is 1.00. The Kier molecular flexibility index (Phi) is 5.27. The maximum atomic E-state index is 6.00. The van der Waals surface area contributed by atoms with Gasteiger partial charge in [0.1, 0.15) is 0 Å². The van der Waals surface area contributed by atoms with E-state index in [4.69, 9.17) is 4.74 Å². The third-order valence-electron chi connectivity index (χ3n) is 5.04. The summed E-state index contributed by atoms with van der Waals surface area (Å²) in [4.78, 5) is 2.72. The van der Waals surface area contributed by atoms with Crippen LogP contribution in [0.1, 0.15) is 59.8 Å². The van der Waals surface area contributed by atoms with E-state index in [1.54, 1.807) is 0 Å². The van der Waals surface area contributed by atoms with E-state index in [0.717, 1.165) is 13.0 Å². The summed E-state index contributed by atoms with van der Waals surface area (Å²) in [5.41, 5.74) is 0.0964. The predicted octanol–water partition coefficient (Wildman–Crippen LogP) is 2.80. The van der Waals surface area contributed by atoms with Gasteiger partial charge in [-0.15, -0.1) is 0 Å². The molecular formula is C16H32N2O. The van der Waals surface area contributed by atoms with Gasteiger partial charge >= 0.3 is 0 Å². The highest BCUT2D eigenvalue weighted by atomic mass is 16.5. The van der Waals surface area contributed by atoms with Crippen LogP contribution in [-0.4, -0.2) is 48.3 Å². The second-order valence-corrected chi connectivity index (χ2v) is 6.88. The first-order chi connectivity index (χ1) is 9.04. The summed E-state index contributed by atoms with van der Waals surface area (Å²) >= 11 is 0.